The fraction of sp³-hybridized carbons (Fsp3) is 0.385. The summed E-state index contributed by atoms with van der Waals surface area (Å²) < 4.78 is 0. The van der Waals surface area contributed by atoms with Gasteiger partial charge in [0.25, 0.3) is 0 Å². The molecular formula is C13H19N3O. The van der Waals surface area contributed by atoms with Crippen molar-refractivity contribution < 1.29 is 4.79 Å². The van der Waals surface area contributed by atoms with Gasteiger partial charge in [-0.2, -0.15) is 4.99 Å². The number of nitrogens with zero attached hydrogens (tertiary/aromatic N) is 2. The van der Waals surface area contributed by atoms with Gasteiger partial charge in [-0.3, -0.25) is 4.90 Å². The molecular weight excluding hydrogens is 214 g/mol. The monoisotopic (exact) mass is 233 g/mol. The van der Waals surface area contributed by atoms with Gasteiger partial charge in [0.2, 0.25) is 0 Å². The summed E-state index contributed by atoms with van der Waals surface area (Å²) in [6.45, 7) is 2.07. The van der Waals surface area contributed by atoms with Crippen LogP contribution in [0.3, 0.4) is 0 Å². The topological polar surface area (TPSA) is 58.7 Å². The number of benzene rings is 1. The van der Waals surface area contributed by atoms with E-state index in [9.17, 15) is 4.79 Å². The number of hydrogen-bond acceptors (Lipinski definition) is 1. The molecule has 0 heterocycles. The van der Waals surface area contributed by atoms with Crippen molar-refractivity contribution in [3.05, 3.63) is 30.3 Å². The van der Waals surface area contributed by atoms with Crippen molar-refractivity contribution in [2.24, 2.45) is 10.7 Å². The number of aliphatic imine (C=N–C) groups is 1. The van der Waals surface area contributed by atoms with Crippen LogP contribution in [0.4, 0.5) is 10.5 Å². The van der Waals surface area contributed by atoms with E-state index in [1.165, 1.54) is 4.90 Å². The molecule has 0 saturated heterocycles. The smallest absolute Gasteiger partial charge is 0.349 e. The zero-order valence-electron chi connectivity index (χ0n) is 10.4. The Morgan fingerprint density at radius 1 is 1.35 bits per heavy atom. The Balaban J connectivity index is 2.64. The van der Waals surface area contributed by atoms with Crippen molar-refractivity contribution in [2.45, 2.75) is 26.2 Å². The highest BCUT2D eigenvalue weighted by molar-refractivity contribution is 6.00. The molecule has 0 radical (unpaired) electrons. The van der Waals surface area contributed by atoms with Gasteiger partial charge in [-0.25, -0.2) is 4.79 Å². The highest BCUT2D eigenvalue weighted by Crippen LogP contribution is 2.12. The van der Waals surface area contributed by atoms with Crippen LogP contribution in [0.25, 0.3) is 0 Å². The zero-order chi connectivity index (χ0) is 12.7. The first-order valence-corrected chi connectivity index (χ1v) is 5.81. The molecule has 2 amide bonds. The first kappa shape index (κ1) is 13.2. The number of carbonyl (C=O) groups excluding carboxylic acids is 1. The number of carbonyl (C=O) groups is 1. The van der Waals surface area contributed by atoms with E-state index in [4.69, 9.17) is 5.73 Å². The van der Waals surface area contributed by atoms with E-state index in [1.54, 1.807) is 7.05 Å². The van der Waals surface area contributed by atoms with Crippen LogP contribution in [-0.4, -0.2) is 18.9 Å². The lowest BCUT2D eigenvalue weighted by molar-refractivity contribution is 0.255. The highest BCUT2D eigenvalue weighted by Gasteiger charge is 2.09. The fourth-order valence-electron chi connectivity index (χ4n) is 1.37. The number of nitrogens with two attached hydrogens (primary N) is 1. The predicted molar refractivity (Wildman–Crippen MR) is 71.4 cm³/mol. The average molecular weight is 233 g/mol. The zero-order valence-corrected chi connectivity index (χ0v) is 10.4. The van der Waals surface area contributed by atoms with Gasteiger partial charge in [0.05, 0.1) is 0 Å². The third kappa shape index (κ3) is 4.26. The van der Waals surface area contributed by atoms with Crippen LogP contribution in [0, 0.1) is 0 Å². The summed E-state index contributed by atoms with van der Waals surface area (Å²) in [4.78, 5) is 17.1. The molecule has 0 aliphatic carbocycles. The predicted octanol–water partition coefficient (Wildman–Crippen LogP) is 2.79. The van der Waals surface area contributed by atoms with E-state index in [0.717, 1.165) is 18.5 Å². The van der Waals surface area contributed by atoms with Crippen molar-refractivity contribution in [3.8, 4) is 0 Å². The molecule has 1 rings (SSSR count). The van der Waals surface area contributed by atoms with Gasteiger partial charge in [0, 0.05) is 19.2 Å². The van der Waals surface area contributed by atoms with Crippen LogP contribution in [0.2, 0.25) is 0 Å². The third-order valence-corrected chi connectivity index (χ3v) is 2.46. The molecule has 0 unspecified atom stereocenters. The van der Waals surface area contributed by atoms with Gasteiger partial charge < -0.3 is 5.73 Å². The van der Waals surface area contributed by atoms with Crippen molar-refractivity contribution in [3.63, 3.8) is 0 Å². The Morgan fingerprint density at radius 3 is 2.59 bits per heavy atom. The Hall–Kier alpha value is -1.84. The second kappa shape index (κ2) is 6.68. The molecule has 0 aliphatic rings. The van der Waals surface area contributed by atoms with Crippen LogP contribution < -0.4 is 10.6 Å². The normalized spacial score (nSPS) is 11.3. The largest absolute Gasteiger partial charge is 0.387 e. The summed E-state index contributed by atoms with van der Waals surface area (Å²) in [7, 11) is 1.69. The van der Waals surface area contributed by atoms with Gasteiger partial charge in [-0.1, -0.05) is 31.5 Å². The number of anilines is 1. The maximum atomic E-state index is 11.8. The fourth-order valence-corrected chi connectivity index (χ4v) is 1.37. The van der Waals surface area contributed by atoms with Crippen molar-refractivity contribution in [2.75, 3.05) is 11.9 Å². The summed E-state index contributed by atoms with van der Waals surface area (Å²) in [5.74, 6) is 0.402. The van der Waals surface area contributed by atoms with Gasteiger partial charge in [0.15, 0.2) is 0 Å². The summed E-state index contributed by atoms with van der Waals surface area (Å²) in [6, 6.07) is 9.04. The number of para-hydroxylation sites is 1. The molecule has 0 spiro atoms. The molecule has 92 valence electrons. The summed E-state index contributed by atoms with van der Waals surface area (Å²) in [6.07, 6.45) is 2.67. The molecule has 0 atom stereocenters. The molecule has 0 saturated carbocycles. The lowest BCUT2D eigenvalue weighted by Crippen LogP contribution is -2.26. The van der Waals surface area contributed by atoms with Gasteiger partial charge in [0.1, 0.15) is 5.84 Å². The van der Waals surface area contributed by atoms with Crippen LogP contribution in [0.1, 0.15) is 26.2 Å². The maximum Gasteiger partial charge on any atom is 0.349 e. The number of hydrogen-bond donors (Lipinski definition) is 1. The Morgan fingerprint density at radius 2 is 2.00 bits per heavy atom. The first-order chi connectivity index (χ1) is 8.15. The summed E-state index contributed by atoms with van der Waals surface area (Å²) in [5.41, 5.74) is 6.49. The van der Waals surface area contributed by atoms with E-state index in [0.29, 0.717) is 12.3 Å². The quantitative estimate of drug-likeness (QED) is 0.642. The highest BCUT2D eigenvalue weighted by atomic mass is 16.2. The van der Waals surface area contributed by atoms with Crippen LogP contribution in [0.15, 0.2) is 35.3 Å². The SMILES string of the molecule is CCCCC(N)=NC(=O)N(C)c1ccccc1. The molecule has 4 heteroatoms. The minimum absolute atomic E-state index is 0.329. The number of unbranched alkanes of at least 4 members (excludes halogenated alkanes) is 1. The number of amidine groups is 1. The van der Waals surface area contributed by atoms with Crippen LogP contribution in [0.5, 0.6) is 0 Å². The first-order valence-electron chi connectivity index (χ1n) is 5.81. The summed E-state index contributed by atoms with van der Waals surface area (Å²) >= 11 is 0. The molecule has 4 nitrogen and oxygen atoms in total. The second-order valence-electron chi connectivity index (χ2n) is 3.88. The van der Waals surface area contributed by atoms with Crippen LogP contribution >= 0.6 is 0 Å². The summed E-state index contributed by atoms with van der Waals surface area (Å²) in [5, 5.41) is 0. The molecule has 0 bridgehead atoms. The second-order valence-corrected chi connectivity index (χ2v) is 3.88. The van der Waals surface area contributed by atoms with E-state index in [-0.39, 0.29) is 6.03 Å². The Kier molecular flexibility index (Phi) is 5.20. The van der Waals surface area contributed by atoms with E-state index >= 15 is 0 Å². The molecule has 1 aromatic rings. The Bertz CT molecular complexity index is 387. The molecule has 1 aromatic carbocycles. The minimum atomic E-state index is -0.329. The Labute approximate surface area is 102 Å². The lowest BCUT2D eigenvalue weighted by atomic mass is 10.2. The van der Waals surface area contributed by atoms with Crippen molar-refractivity contribution in [1.29, 1.82) is 0 Å². The van der Waals surface area contributed by atoms with Crippen molar-refractivity contribution >= 4 is 17.6 Å². The van der Waals surface area contributed by atoms with Crippen LogP contribution in [-0.2, 0) is 0 Å². The number of rotatable bonds is 4. The maximum absolute atomic E-state index is 11.8. The number of urea groups is 1. The standard InChI is InChI=1S/C13H19N3O/c1-3-4-10-12(14)15-13(17)16(2)11-8-6-5-7-9-11/h5-9H,3-4,10H2,1-2H3,(H2,14,15,17). The minimum Gasteiger partial charge on any atom is -0.387 e. The van der Waals surface area contributed by atoms with Crippen molar-refractivity contribution in [1.82, 2.24) is 0 Å². The van der Waals surface area contributed by atoms with E-state index in [2.05, 4.69) is 11.9 Å². The van der Waals surface area contributed by atoms with E-state index < -0.39 is 0 Å². The van der Waals surface area contributed by atoms with Gasteiger partial charge in [-0.05, 0) is 18.6 Å². The molecule has 17 heavy (non-hydrogen) atoms. The third-order valence-electron chi connectivity index (χ3n) is 2.46. The molecule has 0 fully saturated rings. The molecule has 0 aliphatic heterocycles. The van der Waals surface area contributed by atoms with E-state index in [1.807, 2.05) is 30.3 Å². The van der Waals surface area contributed by atoms with Gasteiger partial charge >= 0.3 is 6.03 Å². The number of amides is 2. The lowest BCUT2D eigenvalue weighted by Gasteiger charge is -2.14. The molecule has 2 N–H and O–H groups in total. The average Bonchev–Trinajstić information content (AvgIpc) is 2.36. The molecule has 0 aromatic heterocycles. The van der Waals surface area contributed by atoms with Gasteiger partial charge in [-0.15, -0.1) is 0 Å².